The Bertz CT molecular complexity index is 1200. The van der Waals surface area contributed by atoms with Crippen molar-refractivity contribution in [2.24, 2.45) is 0 Å². The van der Waals surface area contributed by atoms with Gasteiger partial charge < -0.3 is 9.84 Å². The lowest BCUT2D eigenvalue weighted by molar-refractivity contribution is -0.143. The maximum absolute atomic E-state index is 13.2. The van der Waals surface area contributed by atoms with E-state index >= 15 is 0 Å². The lowest BCUT2D eigenvalue weighted by Gasteiger charge is -2.14. The molecule has 0 amide bonds. The van der Waals surface area contributed by atoms with E-state index in [0.717, 1.165) is 0 Å². The molecule has 0 fully saturated rings. The van der Waals surface area contributed by atoms with Crippen LogP contribution >= 0.6 is 0 Å². The number of carbonyl (C=O) groups excluding carboxylic acids is 3. The van der Waals surface area contributed by atoms with E-state index in [-0.39, 0.29) is 24.6 Å². The average molecular weight is 435 g/mol. The zero-order chi connectivity index (χ0) is 23.1. The summed E-state index contributed by atoms with van der Waals surface area (Å²) in [6.45, 7) is 2.03. The van der Waals surface area contributed by atoms with Gasteiger partial charge in [0.2, 0.25) is 0 Å². The fraction of sp³-hybridized carbons (Fsp3) is 0.280. The third kappa shape index (κ3) is 5.11. The summed E-state index contributed by atoms with van der Waals surface area (Å²) in [6.07, 6.45) is 0.730. The lowest BCUT2D eigenvalue weighted by atomic mass is 10.0. The molecular formula is C25H25NO6. The van der Waals surface area contributed by atoms with Gasteiger partial charge >= 0.3 is 5.97 Å². The van der Waals surface area contributed by atoms with E-state index in [4.69, 9.17) is 4.74 Å². The normalized spacial score (nSPS) is 10.8. The van der Waals surface area contributed by atoms with Crippen molar-refractivity contribution < 1.29 is 24.2 Å². The third-order valence-electron chi connectivity index (χ3n) is 5.10. The highest BCUT2D eigenvalue weighted by Crippen LogP contribution is 2.28. The number of nitrogens with zero attached hydrogens (tertiary/aromatic N) is 1. The van der Waals surface area contributed by atoms with Gasteiger partial charge in [-0.3, -0.25) is 23.7 Å². The van der Waals surface area contributed by atoms with Gasteiger partial charge in [-0.15, -0.1) is 0 Å². The highest BCUT2D eigenvalue weighted by Gasteiger charge is 2.24. The first-order valence-corrected chi connectivity index (χ1v) is 10.6. The first-order chi connectivity index (χ1) is 15.4. The molecule has 3 aromatic rings. The number of aromatic nitrogens is 1. The fourth-order valence-corrected chi connectivity index (χ4v) is 3.59. The van der Waals surface area contributed by atoms with Crippen molar-refractivity contribution in [1.82, 2.24) is 4.57 Å². The number of benzene rings is 2. The molecule has 0 radical (unpaired) electrons. The Morgan fingerprint density at radius 2 is 1.59 bits per heavy atom. The van der Waals surface area contributed by atoms with Crippen molar-refractivity contribution in [1.29, 1.82) is 0 Å². The zero-order valence-electron chi connectivity index (χ0n) is 17.9. The number of aromatic hydroxyl groups is 1. The van der Waals surface area contributed by atoms with Gasteiger partial charge in [0.1, 0.15) is 17.1 Å². The van der Waals surface area contributed by atoms with E-state index in [9.17, 15) is 24.3 Å². The van der Waals surface area contributed by atoms with Crippen LogP contribution in [0.15, 0.2) is 59.4 Å². The summed E-state index contributed by atoms with van der Waals surface area (Å²) in [7, 11) is 0. The predicted molar refractivity (Wildman–Crippen MR) is 120 cm³/mol. The first-order valence-electron chi connectivity index (χ1n) is 10.6. The Morgan fingerprint density at radius 3 is 2.31 bits per heavy atom. The quantitative estimate of drug-likeness (QED) is 0.224. The second kappa shape index (κ2) is 10.5. The van der Waals surface area contributed by atoms with Crippen LogP contribution in [0.1, 0.15) is 49.4 Å². The molecule has 1 heterocycles. The molecule has 0 bridgehead atoms. The van der Waals surface area contributed by atoms with E-state index in [2.05, 4.69) is 0 Å². The average Bonchev–Trinajstić information content (AvgIpc) is 2.78. The number of ether oxygens (including phenoxy) is 1. The molecule has 0 aliphatic rings. The fourth-order valence-electron chi connectivity index (χ4n) is 3.59. The van der Waals surface area contributed by atoms with Gasteiger partial charge in [0, 0.05) is 23.9 Å². The Labute approximate surface area is 185 Å². The van der Waals surface area contributed by atoms with Crippen molar-refractivity contribution >= 4 is 28.4 Å². The first kappa shape index (κ1) is 22.9. The highest BCUT2D eigenvalue weighted by atomic mass is 16.5. The van der Waals surface area contributed by atoms with Crippen molar-refractivity contribution in [2.75, 3.05) is 6.61 Å². The molecule has 32 heavy (non-hydrogen) atoms. The third-order valence-corrected chi connectivity index (χ3v) is 5.10. The molecule has 0 spiro atoms. The topological polar surface area (TPSA) is 103 Å². The molecule has 0 saturated carbocycles. The molecule has 0 saturated heterocycles. The Balaban J connectivity index is 1.84. The highest BCUT2D eigenvalue weighted by molar-refractivity contribution is 6.11. The molecule has 166 valence electrons. The van der Waals surface area contributed by atoms with Crippen LogP contribution in [0.4, 0.5) is 0 Å². The van der Waals surface area contributed by atoms with Crippen molar-refractivity contribution in [3.05, 3.63) is 70.5 Å². The molecule has 7 heteroatoms. The number of carbonyl (C=O) groups is 3. The molecule has 0 aliphatic heterocycles. The van der Waals surface area contributed by atoms with E-state index in [1.54, 1.807) is 55.5 Å². The number of fused-ring (bicyclic) bond motifs is 1. The summed E-state index contributed by atoms with van der Waals surface area (Å²) >= 11 is 0. The number of Topliss-reactive ketones (excluding diaryl/α,β-unsaturated/α-hetero) is 2. The SMILES string of the molecule is CCOC(=O)CCCCC(=O)CC(=O)c1c(O)c2ccccc2n(-c2ccccc2)c1=O. The van der Waals surface area contributed by atoms with Gasteiger partial charge in [-0.1, -0.05) is 30.3 Å². The van der Waals surface area contributed by atoms with Crippen molar-refractivity contribution in [3.63, 3.8) is 0 Å². The summed E-state index contributed by atoms with van der Waals surface area (Å²) in [5, 5.41) is 11.1. The van der Waals surface area contributed by atoms with Gasteiger partial charge in [-0.25, -0.2) is 0 Å². The Morgan fingerprint density at radius 1 is 0.938 bits per heavy atom. The molecule has 3 rings (SSSR count). The van der Waals surface area contributed by atoms with Crippen molar-refractivity contribution in [3.8, 4) is 11.4 Å². The van der Waals surface area contributed by atoms with E-state index in [1.807, 2.05) is 6.07 Å². The minimum absolute atomic E-state index is 0.104. The van der Waals surface area contributed by atoms with Gasteiger partial charge in [-0.2, -0.15) is 0 Å². The second-order valence-corrected chi connectivity index (χ2v) is 7.37. The summed E-state index contributed by atoms with van der Waals surface area (Å²) in [6, 6.07) is 15.6. The Hall–Kier alpha value is -3.74. The molecule has 1 aromatic heterocycles. The molecule has 1 N–H and O–H groups in total. The second-order valence-electron chi connectivity index (χ2n) is 7.37. The zero-order valence-corrected chi connectivity index (χ0v) is 17.9. The number of unbranched alkanes of at least 4 members (excludes halogenated alkanes) is 1. The standard InChI is InChI=1S/C25H25NO6/c1-2-32-22(29)15-9-6-12-18(27)16-21(28)23-24(30)19-13-7-8-14-20(19)26(25(23)31)17-10-4-3-5-11-17/h3-5,7-8,10-11,13-14,30H,2,6,9,12,15-16H2,1H3. The molecule has 7 nitrogen and oxygen atoms in total. The van der Waals surface area contributed by atoms with Crippen LogP contribution in [0.5, 0.6) is 5.75 Å². The number of ketones is 2. The maximum atomic E-state index is 13.2. The van der Waals surface area contributed by atoms with Crippen LogP contribution in [-0.4, -0.2) is 33.8 Å². The number of rotatable bonds is 10. The van der Waals surface area contributed by atoms with Gasteiger partial charge in [0.15, 0.2) is 5.78 Å². The largest absolute Gasteiger partial charge is 0.506 e. The van der Waals surface area contributed by atoms with Crippen LogP contribution in [-0.2, 0) is 14.3 Å². The summed E-state index contributed by atoms with van der Waals surface area (Å²) in [5.74, 6) is -1.81. The predicted octanol–water partition coefficient (Wildman–Crippen LogP) is 3.96. The van der Waals surface area contributed by atoms with Crippen LogP contribution in [0.25, 0.3) is 16.6 Å². The number of hydrogen-bond donors (Lipinski definition) is 1. The van der Waals surface area contributed by atoms with Gasteiger partial charge in [0.25, 0.3) is 5.56 Å². The number of hydrogen-bond acceptors (Lipinski definition) is 6. The van der Waals surface area contributed by atoms with Crippen LogP contribution in [0.3, 0.4) is 0 Å². The van der Waals surface area contributed by atoms with Crippen LogP contribution < -0.4 is 5.56 Å². The minimum atomic E-state index is -0.724. The number of para-hydroxylation sites is 2. The van der Waals surface area contributed by atoms with Crippen molar-refractivity contribution in [2.45, 2.75) is 39.0 Å². The molecule has 2 aromatic carbocycles. The Kier molecular flexibility index (Phi) is 7.54. The monoisotopic (exact) mass is 435 g/mol. The van der Waals surface area contributed by atoms with E-state index in [1.165, 1.54) is 4.57 Å². The maximum Gasteiger partial charge on any atom is 0.305 e. The smallest absolute Gasteiger partial charge is 0.305 e. The summed E-state index contributed by atoms with van der Waals surface area (Å²) in [4.78, 5) is 49.8. The summed E-state index contributed by atoms with van der Waals surface area (Å²) in [5.41, 5.74) is -0.0592. The molecule has 0 atom stereocenters. The lowest BCUT2D eigenvalue weighted by Crippen LogP contribution is -2.27. The molecule has 0 aliphatic carbocycles. The number of pyridine rings is 1. The minimum Gasteiger partial charge on any atom is -0.506 e. The van der Waals surface area contributed by atoms with Gasteiger partial charge in [0.05, 0.1) is 18.5 Å². The number of esters is 1. The van der Waals surface area contributed by atoms with Gasteiger partial charge in [-0.05, 0) is 44.0 Å². The van der Waals surface area contributed by atoms with Crippen LogP contribution in [0.2, 0.25) is 0 Å². The molecule has 0 unspecified atom stereocenters. The van der Waals surface area contributed by atoms with Crippen LogP contribution in [0, 0.1) is 0 Å². The molecular weight excluding hydrogens is 410 g/mol. The summed E-state index contributed by atoms with van der Waals surface area (Å²) < 4.78 is 6.20. The van der Waals surface area contributed by atoms with E-state index in [0.29, 0.717) is 36.0 Å². The van der Waals surface area contributed by atoms with E-state index < -0.39 is 29.1 Å².